The van der Waals surface area contributed by atoms with Gasteiger partial charge in [-0.1, -0.05) is 30.3 Å². The Labute approximate surface area is 119 Å². The highest BCUT2D eigenvalue weighted by atomic mass is 16.7. The third-order valence-electron chi connectivity index (χ3n) is 3.04. The zero-order chi connectivity index (χ0) is 15.0. The van der Waals surface area contributed by atoms with Crippen LogP contribution in [0.1, 0.15) is 18.9 Å². The Morgan fingerprint density at radius 1 is 1.25 bits per heavy atom. The highest BCUT2D eigenvalue weighted by molar-refractivity contribution is 6.00. The smallest absolute Gasteiger partial charge is 0.256 e. The fourth-order valence-electron chi connectivity index (χ4n) is 1.65. The predicted molar refractivity (Wildman–Crippen MR) is 74.7 cm³/mol. The van der Waals surface area contributed by atoms with Crippen LogP contribution in [0.4, 0.5) is 0 Å². The summed E-state index contributed by atoms with van der Waals surface area (Å²) in [5, 5.41) is 1.06. The van der Waals surface area contributed by atoms with Crippen molar-refractivity contribution in [2.24, 2.45) is 5.92 Å². The van der Waals surface area contributed by atoms with Gasteiger partial charge in [-0.15, -0.1) is 0 Å². The first-order valence-corrected chi connectivity index (χ1v) is 6.52. The minimum atomic E-state index is -0.708. The van der Waals surface area contributed by atoms with Crippen LogP contribution >= 0.6 is 0 Å². The van der Waals surface area contributed by atoms with E-state index in [1.807, 2.05) is 30.3 Å². The van der Waals surface area contributed by atoms with Crippen molar-refractivity contribution in [2.45, 2.75) is 20.0 Å². The fourth-order valence-corrected chi connectivity index (χ4v) is 1.65. The van der Waals surface area contributed by atoms with Gasteiger partial charge >= 0.3 is 0 Å². The molecule has 0 heterocycles. The normalized spacial score (nSPS) is 11.9. The number of nitrogens with zero attached hydrogens (tertiary/aromatic N) is 1. The topological polar surface area (TPSA) is 55.8 Å². The van der Waals surface area contributed by atoms with Crippen LogP contribution in [0.5, 0.6) is 0 Å². The summed E-state index contributed by atoms with van der Waals surface area (Å²) in [4.78, 5) is 28.3. The van der Waals surface area contributed by atoms with Crippen molar-refractivity contribution in [2.75, 3.05) is 20.8 Å². The van der Waals surface area contributed by atoms with E-state index >= 15 is 0 Å². The van der Waals surface area contributed by atoms with Crippen LogP contribution in [0.15, 0.2) is 30.3 Å². The largest absolute Gasteiger partial charge is 0.376 e. The van der Waals surface area contributed by atoms with Gasteiger partial charge in [0, 0.05) is 13.5 Å². The van der Waals surface area contributed by atoms with Crippen LogP contribution in [0.3, 0.4) is 0 Å². The van der Waals surface area contributed by atoms with Crippen LogP contribution in [-0.2, 0) is 25.8 Å². The van der Waals surface area contributed by atoms with Gasteiger partial charge in [-0.25, -0.2) is 5.06 Å². The van der Waals surface area contributed by atoms with E-state index in [4.69, 9.17) is 9.57 Å². The molecule has 0 fully saturated rings. The van der Waals surface area contributed by atoms with Crippen molar-refractivity contribution in [1.29, 1.82) is 0 Å². The first-order valence-electron chi connectivity index (χ1n) is 6.52. The van der Waals surface area contributed by atoms with Gasteiger partial charge in [0.25, 0.3) is 5.91 Å². The monoisotopic (exact) mass is 279 g/mol. The Bertz CT molecular complexity index is 433. The maximum atomic E-state index is 11.8. The molecule has 1 amide bonds. The molecule has 0 saturated carbocycles. The van der Waals surface area contributed by atoms with E-state index in [1.165, 1.54) is 14.2 Å². The number of hydrogen-bond donors (Lipinski definition) is 0. The summed E-state index contributed by atoms with van der Waals surface area (Å²) in [7, 11) is 2.87. The summed E-state index contributed by atoms with van der Waals surface area (Å²) in [6, 6.07) is 9.73. The molecule has 5 nitrogen and oxygen atoms in total. The van der Waals surface area contributed by atoms with Crippen LogP contribution in [0.25, 0.3) is 0 Å². The first-order chi connectivity index (χ1) is 9.56. The van der Waals surface area contributed by atoms with Crippen LogP contribution < -0.4 is 0 Å². The van der Waals surface area contributed by atoms with E-state index in [0.717, 1.165) is 10.6 Å². The van der Waals surface area contributed by atoms with Gasteiger partial charge < -0.3 is 4.74 Å². The summed E-state index contributed by atoms with van der Waals surface area (Å²) in [5.74, 6) is -1.20. The molecule has 0 N–H and O–H groups in total. The zero-order valence-electron chi connectivity index (χ0n) is 12.2. The molecule has 1 aromatic carbocycles. The van der Waals surface area contributed by atoms with Crippen molar-refractivity contribution < 1.29 is 19.2 Å². The summed E-state index contributed by atoms with van der Waals surface area (Å²) in [6.45, 7) is 2.36. The molecule has 110 valence electrons. The lowest BCUT2D eigenvalue weighted by atomic mass is 10.0. The molecule has 0 saturated heterocycles. The van der Waals surface area contributed by atoms with Crippen LogP contribution in [0.2, 0.25) is 0 Å². The third kappa shape index (κ3) is 5.11. The number of Topliss-reactive ketones (excluding diaryl/α,β-unsaturated/α-hetero) is 1. The van der Waals surface area contributed by atoms with Crippen molar-refractivity contribution in [3.63, 3.8) is 0 Å². The molecule has 1 rings (SSSR count). The average molecular weight is 279 g/mol. The van der Waals surface area contributed by atoms with Crippen LogP contribution in [-0.4, -0.2) is 37.5 Å². The molecule has 0 spiro atoms. The molecular formula is C15H21NO4. The van der Waals surface area contributed by atoms with E-state index in [1.54, 1.807) is 6.92 Å². The van der Waals surface area contributed by atoms with Gasteiger partial charge in [0.2, 0.25) is 0 Å². The molecule has 0 aliphatic carbocycles. The second-order valence-corrected chi connectivity index (χ2v) is 4.49. The third-order valence-corrected chi connectivity index (χ3v) is 3.04. The summed E-state index contributed by atoms with van der Waals surface area (Å²) >= 11 is 0. The molecule has 0 radical (unpaired) electrons. The molecule has 1 atom stereocenters. The van der Waals surface area contributed by atoms with Crippen molar-refractivity contribution >= 4 is 11.7 Å². The lowest BCUT2D eigenvalue weighted by molar-refractivity contribution is -0.174. The van der Waals surface area contributed by atoms with E-state index < -0.39 is 5.92 Å². The molecule has 20 heavy (non-hydrogen) atoms. The van der Waals surface area contributed by atoms with Gasteiger partial charge in [0.1, 0.15) is 5.78 Å². The second-order valence-electron chi connectivity index (χ2n) is 4.49. The molecule has 1 aromatic rings. The minimum Gasteiger partial charge on any atom is -0.376 e. The van der Waals surface area contributed by atoms with Gasteiger partial charge in [-0.3, -0.25) is 14.4 Å². The predicted octanol–water partition coefficient (Wildman–Crippen LogP) is 1.82. The Balaban J connectivity index is 2.28. The fraction of sp³-hybridized carbons (Fsp3) is 0.467. The maximum Gasteiger partial charge on any atom is 0.256 e. The molecule has 5 heteroatoms. The number of amides is 1. The number of carbonyl (C=O) groups is 2. The quantitative estimate of drug-likeness (QED) is 0.414. The van der Waals surface area contributed by atoms with Gasteiger partial charge in [-0.05, 0) is 12.5 Å². The van der Waals surface area contributed by atoms with Crippen LogP contribution in [0, 0.1) is 5.92 Å². The highest BCUT2D eigenvalue weighted by Crippen LogP contribution is 2.07. The van der Waals surface area contributed by atoms with Crippen molar-refractivity contribution in [3.05, 3.63) is 35.9 Å². The lowest BCUT2D eigenvalue weighted by Gasteiger charge is -2.17. The van der Waals surface area contributed by atoms with E-state index in [2.05, 4.69) is 0 Å². The van der Waals surface area contributed by atoms with E-state index in [0.29, 0.717) is 13.2 Å². The van der Waals surface area contributed by atoms with E-state index in [-0.39, 0.29) is 18.1 Å². The minimum absolute atomic E-state index is 0.146. The standard InChI is InChI=1S/C15H21NO4/c1-12(15(18)16(2)19-3)14(17)9-10-20-11-13-7-5-4-6-8-13/h4-8,12H,9-11H2,1-3H3. The summed E-state index contributed by atoms with van der Waals surface area (Å²) < 4.78 is 5.43. The SMILES string of the molecule is CON(C)C(=O)C(C)C(=O)CCOCc1ccccc1. The molecule has 1 unspecified atom stereocenters. The number of hydroxylamine groups is 2. The Morgan fingerprint density at radius 3 is 2.50 bits per heavy atom. The number of ketones is 1. The first kappa shape index (κ1) is 16.3. The van der Waals surface area contributed by atoms with Gasteiger partial charge in [0.15, 0.2) is 0 Å². The van der Waals surface area contributed by atoms with Gasteiger partial charge in [0.05, 0.1) is 26.2 Å². The Kier molecular flexibility index (Phi) is 6.90. The van der Waals surface area contributed by atoms with Gasteiger partial charge in [-0.2, -0.15) is 0 Å². The van der Waals surface area contributed by atoms with Crippen molar-refractivity contribution in [1.82, 2.24) is 5.06 Å². The summed E-state index contributed by atoms with van der Waals surface area (Å²) in [5.41, 5.74) is 1.06. The average Bonchev–Trinajstić information content (AvgIpc) is 2.50. The number of ether oxygens (including phenoxy) is 1. The Morgan fingerprint density at radius 2 is 1.90 bits per heavy atom. The van der Waals surface area contributed by atoms with E-state index in [9.17, 15) is 9.59 Å². The number of carbonyl (C=O) groups excluding carboxylic acids is 2. The molecule has 0 bridgehead atoms. The lowest BCUT2D eigenvalue weighted by Crippen LogP contribution is -2.35. The molecule has 0 aromatic heterocycles. The zero-order valence-corrected chi connectivity index (χ0v) is 12.2. The number of rotatable bonds is 8. The number of hydrogen-bond acceptors (Lipinski definition) is 4. The summed E-state index contributed by atoms with van der Waals surface area (Å²) in [6.07, 6.45) is 0.220. The molecule has 0 aliphatic heterocycles. The molecular weight excluding hydrogens is 258 g/mol. The molecule has 0 aliphatic rings. The van der Waals surface area contributed by atoms with Crippen molar-refractivity contribution in [3.8, 4) is 0 Å². The number of benzene rings is 1. The Hall–Kier alpha value is -1.72. The highest BCUT2D eigenvalue weighted by Gasteiger charge is 2.24. The second kappa shape index (κ2) is 8.45. The maximum absolute atomic E-state index is 11.8.